The zero-order valence-electron chi connectivity index (χ0n) is 9.19. The molecule has 1 aromatic heterocycles. The zero-order chi connectivity index (χ0) is 11.5. The van der Waals surface area contributed by atoms with Gasteiger partial charge in [0.1, 0.15) is 5.69 Å². The van der Waals surface area contributed by atoms with Gasteiger partial charge in [0.25, 0.3) is 5.91 Å². The van der Waals surface area contributed by atoms with E-state index >= 15 is 0 Å². The first-order valence-electron chi connectivity index (χ1n) is 5.35. The number of amides is 1. The number of hydrogen-bond acceptors (Lipinski definition) is 4. The van der Waals surface area contributed by atoms with Gasteiger partial charge in [0.15, 0.2) is 0 Å². The molecular weight excluding hydrogens is 208 g/mol. The Morgan fingerprint density at radius 3 is 3.12 bits per heavy atom. The normalized spacial score (nSPS) is 24.6. The summed E-state index contributed by atoms with van der Waals surface area (Å²) in [5.41, 5.74) is 6.28. The summed E-state index contributed by atoms with van der Waals surface area (Å²) in [5.74, 6) is -0.219. The van der Waals surface area contributed by atoms with E-state index in [2.05, 4.69) is 15.5 Å². The Kier molecular flexibility index (Phi) is 3.09. The summed E-state index contributed by atoms with van der Waals surface area (Å²) in [4.78, 5) is 11.8. The predicted octanol–water partition coefficient (Wildman–Crippen LogP) is 0.289. The molecular formula is C10H16N4O2. The Hall–Kier alpha value is -1.56. The number of nitrogens with one attached hydrogen (secondary N) is 2. The maximum Gasteiger partial charge on any atom is 0.271 e. The fraction of sp³-hybridized carbons (Fsp3) is 0.600. The summed E-state index contributed by atoms with van der Waals surface area (Å²) >= 11 is 0. The smallest absolute Gasteiger partial charge is 0.271 e. The van der Waals surface area contributed by atoms with Gasteiger partial charge >= 0.3 is 0 Å². The van der Waals surface area contributed by atoms with Crippen molar-refractivity contribution in [2.24, 2.45) is 0 Å². The van der Waals surface area contributed by atoms with Crippen LogP contribution >= 0.6 is 0 Å². The van der Waals surface area contributed by atoms with Crippen LogP contribution < -0.4 is 11.1 Å². The van der Waals surface area contributed by atoms with E-state index in [0.29, 0.717) is 11.4 Å². The molecule has 1 aliphatic rings. The molecule has 0 saturated heterocycles. The highest BCUT2D eigenvalue weighted by molar-refractivity contribution is 5.97. The number of aromatic nitrogens is 2. The lowest BCUT2D eigenvalue weighted by Crippen LogP contribution is -2.41. The van der Waals surface area contributed by atoms with Crippen molar-refractivity contribution in [2.75, 3.05) is 12.8 Å². The van der Waals surface area contributed by atoms with Crippen molar-refractivity contribution in [1.82, 2.24) is 15.5 Å². The number of H-pyrrole nitrogens is 1. The van der Waals surface area contributed by atoms with Crippen molar-refractivity contribution in [1.29, 1.82) is 0 Å². The molecule has 6 heteroatoms. The molecule has 1 saturated carbocycles. The highest BCUT2D eigenvalue weighted by Gasteiger charge is 2.29. The number of nitrogens with two attached hydrogens (primary N) is 1. The van der Waals surface area contributed by atoms with Gasteiger partial charge in [-0.05, 0) is 19.3 Å². The number of nitrogens with zero attached hydrogens (tertiary/aromatic N) is 1. The summed E-state index contributed by atoms with van der Waals surface area (Å²) < 4.78 is 5.30. The van der Waals surface area contributed by atoms with Crippen LogP contribution in [0.25, 0.3) is 0 Å². The molecule has 0 spiro atoms. The van der Waals surface area contributed by atoms with E-state index in [1.165, 1.54) is 6.20 Å². The molecule has 1 aromatic rings. The molecule has 0 bridgehead atoms. The number of aromatic amines is 1. The molecule has 2 unspecified atom stereocenters. The van der Waals surface area contributed by atoms with E-state index in [1.807, 2.05) is 0 Å². The summed E-state index contributed by atoms with van der Waals surface area (Å²) in [6.45, 7) is 0. The van der Waals surface area contributed by atoms with Gasteiger partial charge in [-0.3, -0.25) is 9.89 Å². The highest BCUT2D eigenvalue weighted by atomic mass is 16.5. The fourth-order valence-corrected chi connectivity index (χ4v) is 2.09. The first-order chi connectivity index (χ1) is 7.72. The minimum absolute atomic E-state index is 0.0696. The zero-order valence-corrected chi connectivity index (χ0v) is 9.19. The molecule has 2 atom stereocenters. The third-order valence-electron chi connectivity index (χ3n) is 2.97. The summed E-state index contributed by atoms with van der Waals surface area (Å²) in [6.07, 6.45) is 4.53. The van der Waals surface area contributed by atoms with Crippen molar-refractivity contribution >= 4 is 11.6 Å². The molecule has 1 aliphatic carbocycles. The molecule has 2 rings (SSSR count). The number of hydrogen-bond donors (Lipinski definition) is 3. The molecule has 6 nitrogen and oxygen atoms in total. The Balaban J connectivity index is 2.00. The molecule has 1 amide bonds. The van der Waals surface area contributed by atoms with Gasteiger partial charge in [0.05, 0.1) is 24.0 Å². The van der Waals surface area contributed by atoms with Gasteiger partial charge in [-0.1, -0.05) is 0 Å². The number of anilines is 1. The summed E-state index contributed by atoms with van der Waals surface area (Å²) in [5, 5.41) is 9.21. The predicted molar refractivity (Wildman–Crippen MR) is 58.9 cm³/mol. The quantitative estimate of drug-likeness (QED) is 0.688. The molecule has 4 N–H and O–H groups in total. The number of carbonyl (C=O) groups is 1. The second kappa shape index (κ2) is 4.52. The highest BCUT2D eigenvalue weighted by Crippen LogP contribution is 2.22. The van der Waals surface area contributed by atoms with Crippen molar-refractivity contribution in [2.45, 2.75) is 31.4 Å². The maximum absolute atomic E-state index is 11.8. The molecule has 0 aromatic carbocycles. The summed E-state index contributed by atoms with van der Waals surface area (Å²) in [7, 11) is 1.67. The van der Waals surface area contributed by atoms with E-state index in [4.69, 9.17) is 10.5 Å². The van der Waals surface area contributed by atoms with Gasteiger partial charge in [-0.15, -0.1) is 0 Å². The van der Waals surface area contributed by atoms with Crippen molar-refractivity contribution in [3.05, 3.63) is 11.9 Å². The van der Waals surface area contributed by atoms with E-state index in [9.17, 15) is 4.79 Å². The summed E-state index contributed by atoms with van der Waals surface area (Å²) in [6, 6.07) is 0.0696. The average molecular weight is 224 g/mol. The average Bonchev–Trinajstić information content (AvgIpc) is 2.86. The molecule has 16 heavy (non-hydrogen) atoms. The minimum atomic E-state index is -0.219. The number of nitrogen functional groups attached to an aromatic ring is 1. The number of methoxy groups -OCH3 is 1. The molecule has 0 radical (unpaired) electrons. The van der Waals surface area contributed by atoms with Crippen molar-refractivity contribution < 1.29 is 9.53 Å². The number of rotatable bonds is 3. The van der Waals surface area contributed by atoms with Crippen LogP contribution in [0.4, 0.5) is 5.69 Å². The van der Waals surface area contributed by atoms with Crippen LogP contribution in [0.3, 0.4) is 0 Å². The Labute approximate surface area is 93.5 Å². The standard InChI is InChI=1S/C10H16N4O2/c1-16-8-4-2-3-7(8)13-10(15)9-6(11)5-12-14-9/h5,7-8H,2-4,11H2,1H3,(H,12,14)(H,13,15). The van der Waals surface area contributed by atoms with Crippen LogP contribution in [0.2, 0.25) is 0 Å². The van der Waals surface area contributed by atoms with Gasteiger partial charge in [0, 0.05) is 7.11 Å². The molecule has 1 fully saturated rings. The number of ether oxygens (including phenoxy) is 1. The lowest BCUT2D eigenvalue weighted by atomic mass is 10.2. The first kappa shape index (κ1) is 10.9. The lowest BCUT2D eigenvalue weighted by molar-refractivity contribution is 0.0720. The van der Waals surface area contributed by atoms with Crippen LogP contribution in [0.1, 0.15) is 29.8 Å². The van der Waals surface area contributed by atoms with Crippen LogP contribution in [-0.2, 0) is 4.74 Å². The molecule has 1 heterocycles. The lowest BCUT2D eigenvalue weighted by Gasteiger charge is -2.19. The van der Waals surface area contributed by atoms with E-state index < -0.39 is 0 Å². The van der Waals surface area contributed by atoms with Crippen LogP contribution in [0.5, 0.6) is 0 Å². The largest absolute Gasteiger partial charge is 0.396 e. The van der Waals surface area contributed by atoms with Gasteiger partial charge in [0.2, 0.25) is 0 Å². The Morgan fingerprint density at radius 2 is 2.50 bits per heavy atom. The van der Waals surface area contributed by atoms with E-state index in [0.717, 1.165) is 19.3 Å². The second-order valence-electron chi connectivity index (χ2n) is 3.99. The Morgan fingerprint density at radius 1 is 1.69 bits per heavy atom. The topological polar surface area (TPSA) is 93.0 Å². The SMILES string of the molecule is COC1CCCC1NC(=O)c1[nH]ncc1N. The second-order valence-corrected chi connectivity index (χ2v) is 3.99. The third-order valence-corrected chi connectivity index (χ3v) is 2.97. The monoisotopic (exact) mass is 224 g/mol. The van der Waals surface area contributed by atoms with Crippen LogP contribution in [-0.4, -0.2) is 35.4 Å². The first-order valence-corrected chi connectivity index (χ1v) is 5.35. The van der Waals surface area contributed by atoms with Crippen LogP contribution in [0.15, 0.2) is 6.20 Å². The Bertz CT molecular complexity index is 377. The van der Waals surface area contributed by atoms with Gasteiger partial charge in [-0.25, -0.2) is 0 Å². The maximum atomic E-state index is 11.8. The fourth-order valence-electron chi connectivity index (χ4n) is 2.09. The van der Waals surface area contributed by atoms with E-state index in [-0.39, 0.29) is 18.1 Å². The van der Waals surface area contributed by atoms with E-state index in [1.54, 1.807) is 7.11 Å². The third kappa shape index (κ3) is 2.01. The minimum Gasteiger partial charge on any atom is -0.396 e. The number of carbonyl (C=O) groups excluding carboxylic acids is 1. The van der Waals surface area contributed by atoms with Crippen molar-refractivity contribution in [3.63, 3.8) is 0 Å². The molecule has 0 aliphatic heterocycles. The van der Waals surface area contributed by atoms with Crippen molar-refractivity contribution in [3.8, 4) is 0 Å². The van der Waals surface area contributed by atoms with Gasteiger partial charge < -0.3 is 15.8 Å². The molecule has 88 valence electrons. The van der Waals surface area contributed by atoms with Crippen LogP contribution in [0, 0.1) is 0 Å². The van der Waals surface area contributed by atoms with Gasteiger partial charge in [-0.2, -0.15) is 5.10 Å².